The van der Waals surface area contributed by atoms with Crippen LogP contribution in [0.15, 0.2) is 47.6 Å². The summed E-state index contributed by atoms with van der Waals surface area (Å²) in [6.07, 6.45) is -2.04. The van der Waals surface area contributed by atoms with Gasteiger partial charge in [0, 0.05) is 0 Å². The zero-order chi connectivity index (χ0) is 21.0. The topological polar surface area (TPSA) is 111 Å². The highest BCUT2D eigenvalue weighted by Gasteiger charge is 2.35. The smallest absolute Gasteiger partial charge is 0.343 e. The summed E-state index contributed by atoms with van der Waals surface area (Å²) >= 11 is 0. The summed E-state index contributed by atoms with van der Waals surface area (Å²) < 4.78 is 39.5. The molecule has 0 fully saturated rings. The fourth-order valence-corrected chi connectivity index (χ4v) is 3.19. The Kier molecular flexibility index (Phi) is 5.89. The maximum Gasteiger partial charge on any atom is 0.416 e. The van der Waals surface area contributed by atoms with Crippen molar-refractivity contribution < 1.29 is 18.0 Å². The molecule has 1 unspecified atom stereocenters. The molecule has 1 aliphatic rings. The number of nitrogens with zero attached hydrogens (tertiary/aromatic N) is 3. The lowest BCUT2D eigenvalue weighted by atomic mass is 9.91. The van der Waals surface area contributed by atoms with Crippen molar-refractivity contribution in [1.29, 1.82) is 5.26 Å². The SMILES string of the molecule is N#CCNC(=O)CC(C1=CC(C(F)(F)F)=CCC1)N(N)c1nc2ccccc2[nH]1. The van der Waals surface area contributed by atoms with Gasteiger partial charge in [-0.2, -0.15) is 18.4 Å². The number of carbonyl (C=O) groups excluding carboxylic acids is 1. The number of allylic oxidation sites excluding steroid dienone is 3. The van der Waals surface area contributed by atoms with E-state index in [0.717, 1.165) is 12.2 Å². The van der Waals surface area contributed by atoms with Crippen LogP contribution >= 0.6 is 0 Å². The third kappa shape index (κ3) is 4.75. The number of aromatic nitrogens is 2. The number of aromatic amines is 1. The van der Waals surface area contributed by atoms with Crippen LogP contribution in [0.1, 0.15) is 19.3 Å². The van der Waals surface area contributed by atoms with Gasteiger partial charge in [-0.05, 0) is 36.6 Å². The lowest BCUT2D eigenvalue weighted by molar-refractivity contribution is -0.121. The number of carbonyl (C=O) groups is 1. The molecule has 152 valence electrons. The van der Waals surface area contributed by atoms with Gasteiger partial charge in [0.15, 0.2) is 0 Å². The molecule has 2 aromatic rings. The fraction of sp³-hybridized carbons (Fsp3) is 0.316. The Hall–Kier alpha value is -3.32. The standard InChI is InChI=1S/C19H19F3N6O/c20-19(21,22)13-5-3-4-12(10-13)16(11-17(29)25-9-8-23)28(24)18-26-14-6-1-2-7-15(14)27-18/h1-2,5-7,10,16H,3-4,9,11,24H2,(H,25,29)(H,26,27). The minimum Gasteiger partial charge on any atom is -0.343 e. The molecule has 4 N–H and O–H groups in total. The predicted molar refractivity (Wildman–Crippen MR) is 101 cm³/mol. The van der Waals surface area contributed by atoms with Crippen molar-refractivity contribution >= 4 is 22.9 Å². The first-order valence-corrected chi connectivity index (χ1v) is 8.89. The largest absolute Gasteiger partial charge is 0.416 e. The van der Waals surface area contributed by atoms with Gasteiger partial charge < -0.3 is 10.3 Å². The van der Waals surface area contributed by atoms with E-state index in [1.54, 1.807) is 24.3 Å². The quantitative estimate of drug-likeness (QED) is 0.390. The number of amides is 1. The highest BCUT2D eigenvalue weighted by Crippen LogP contribution is 2.34. The molecule has 10 heteroatoms. The molecule has 0 bridgehead atoms. The second-order valence-electron chi connectivity index (χ2n) is 6.55. The van der Waals surface area contributed by atoms with E-state index in [0.29, 0.717) is 23.0 Å². The van der Waals surface area contributed by atoms with Gasteiger partial charge in [-0.25, -0.2) is 10.8 Å². The molecule has 7 nitrogen and oxygen atoms in total. The van der Waals surface area contributed by atoms with E-state index in [1.165, 1.54) is 5.01 Å². The summed E-state index contributed by atoms with van der Waals surface area (Å²) in [5, 5.41) is 12.2. The maximum absolute atomic E-state index is 13.2. The van der Waals surface area contributed by atoms with Crippen molar-refractivity contribution in [2.24, 2.45) is 5.84 Å². The van der Waals surface area contributed by atoms with E-state index in [9.17, 15) is 18.0 Å². The van der Waals surface area contributed by atoms with Crippen LogP contribution in [0.25, 0.3) is 11.0 Å². The monoisotopic (exact) mass is 404 g/mol. The van der Waals surface area contributed by atoms with Gasteiger partial charge in [0.25, 0.3) is 0 Å². The number of benzene rings is 1. The van der Waals surface area contributed by atoms with Gasteiger partial charge in [0.1, 0.15) is 6.54 Å². The van der Waals surface area contributed by atoms with Crippen LogP contribution in [0.2, 0.25) is 0 Å². The molecule has 1 atom stereocenters. The number of alkyl halides is 3. The van der Waals surface area contributed by atoms with E-state index in [4.69, 9.17) is 11.1 Å². The van der Waals surface area contributed by atoms with Crippen molar-refractivity contribution in [3.63, 3.8) is 0 Å². The van der Waals surface area contributed by atoms with Crippen LogP contribution in [0.3, 0.4) is 0 Å². The number of hydrazine groups is 1. The molecular formula is C19H19F3N6O. The second kappa shape index (κ2) is 8.36. The maximum atomic E-state index is 13.2. The molecule has 0 spiro atoms. The van der Waals surface area contributed by atoms with Crippen LogP contribution in [-0.2, 0) is 4.79 Å². The Labute approximate surface area is 164 Å². The lowest BCUT2D eigenvalue weighted by Gasteiger charge is -2.30. The summed E-state index contributed by atoms with van der Waals surface area (Å²) in [7, 11) is 0. The number of para-hydroxylation sites is 2. The van der Waals surface area contributed by atoms with Crippen LogP contribution < -0.4 is 16.2 Å². The van der Waals surface area contributed by atoms with Crippen molar-refractivity contribution in [2.45, 2.75) is 31.5 Å². The van der Waals surface area contributed by atoms with Crippen LogP contribution in [0.4, 0.5) is 19.1 Å². The molecule has 1 heterocycles. The van der Waals surface area contributed by atoms with Crippen molar-refractivity contribution in [2.75, 3.05) is 11.6 Å². The first-order valence-electron chi connectivity index (χ1n) is 8.89. The minimum absolute atomic E-state index is 0.185. The number of halogens is 3. The Morgan fingerprint density at radius 3 is 2.86 bits per heavy atom. The number of imidazole rings is 1. The fourth-order valence-electron chi connectivity index (χ4n) is 3.19. The molecule has 1 aromatic carbocycles. The summed E-state index contributed by atoms with van der Waals surface area (Å²) in [4.78, 5) is 19.6. The number of nitriles is 1. The molecule has 1 aliphatic carbocycles. The number of hydrogen-bond acceptors (Lipinski definition) is 5. The van der Waals surface area contributed by atoms with Crippen molar-refractivity contribution in [3.8, 4) is 6.07 Å². The van der Waals surface area contributed by atoms with Gasteiger partial charge in [-0.15, -0.1) is 0 Å². The molecule has 29 heavy (non-hydrogen) atoms. The predicted octanol–water partition coefficient (Wildman–Crippen LogP) is 2.85. The van der Waals surface area contributed by atoms with E-state index >= 15 is 0 Å². The third-order valence-electron chi connectivity index (χ3n) is 4.59. The third-order valence-corrected chi connectivity index (χ3v) is 4.59. The number of rotatable bonds is 6. The Balaban J connectivity index is 1.94. The molecule has 0 radical (unpaired) electrons. The average Bonchev–Trinajstić information content (AvgIpc) is 3.13. The molecule has 3 rings (SSSR count). The second-order valence-corrected chi connectivity index (χ2v) is 6.55. The highest BCUT2D eigenvalue weighted by atomic mass is 19.4. The molecule has 0 saturated carbocycles. The van der Waals surface area contributed by atoms with Crippen LogP contribution in [0, 0.1) is 11.3 Å². The molecule has 0 aliphatic heterocycles. The van der Waals surface area contributed by atoms with Crippen molar-refractivity contribution in [3.05, 3.63) is 47.6 Å². The highest BCUT2D eigenvalue weighted by molar-refractivity contribution is 5.79. The zero-order valence-corrected chi connectivity index (χ0v) is 15.3. The Bertz CT molecular complexity index is 968. The van der Waals surface area contributed by atoms with Gasteiger partial charge in [0.05, 0.1) is 35.1 Å². The molecule has 1 aromatic heterocycles. The van der Waals surface area contributed by atoms with Crippen LogP contribution in [0.5, 0.6) is 0 Å². The normalized spacial score (nSPS) is 15.3. The van der Waals surface area contributed by atoms with Gasteiger partial charge in [-0.3, -0.25) is 9.80 Å². The minimum atomic E-state index is -4.49. The molecular weight excluding hydrogens is 385 g/mol. The number of nitrogens with one attached hydrogen (secondary N) is 2. The Morgan fingerprint density at radius 2 is 2.17 bits per heavy atom. The number of anilines is 1. The van der Waals surface area contributed by atoms with Gasteiger partial charge in [0.2, 0.25) is 11.9 Å². The number of nitrogens with two attached hydrogens (primary N) is 1. The van der Waals surface area contributed by atoms with Gasteiger partial charge in [-0.1, -0.05) is 18.2 Å². The van der Waals surface area contributed by atoms with Gasteiger partial charge >= 0.3 is 6.18 Å². The average molecular weight is 404 g/mol. The molecule has 1 amide bonds. The number of hydrogen-bond donors (Lipinski definition) is 3. The molecule has 0 saturated heterocycles. The zero-order valence-electron chi connectivity index (χ0n) is 15.3. The summed E-state index contributed by atoms with van der Waals surface area (Å²) in [6.45, 7) is -0.201. The summed E-state index contributed by atoms with van der Waals surface area (Å²) in [5.74, 6) is 5.95. The lowest BCUT2D eigenvalue weighted by Crippen LogP contribution is -2.46. The number of H-pyrrole nitrogens is 1. The van der Waals surface area contributed by atoms with E-state index in [1.807, 2.05) is 6.07 Å². The summed E-state index contributed by atoms with van der Waals surface area (Å²) in [5.41, 5.74) is 0.951. The summed E-state index contributed by atoms with van der Waals surface area (Å²) in [6, 6.07) is 8.09. The number of fused-ring (bicyclic) bond motifs is 1. The van der Waals surface area contributed by atoms with E-state index in [-0.39, 0.29) is 25.3 Å². The Morgan fingerprint density at radius 1 is 1.41 bits per heavy atom. The van der Waals surface area contributed by atoms with E-state index in [2.05, 4.69) is 15.3 Å². The first kappa shape index (κ1) is 20.4. The van der Waals surface area contributed by atoms with Crippen LogP contribution in [-0.4, -0.2) is 34.6 Å². The van der Waals surface area contributed by atoms with E-state index < -0.39 is 23.7 Å². The van der Waals surface area contributed by atoms with Crippen molar-refractivity contribution in [1.82, 2.24) is 15.3 Å². The first-order chi connectivity index (χ1) is 13.8.